The molecule has 0 aliphatic rings. The van der Waals surface area contributed by atoms with Crippen LogP contribution in [-0.4, -0.2) is 43.5 Å². The average molecular weight is 646 g/mol. The van der Waals surface area contributed by atoms with Crippen LogP contribution in [-0.2, 0) is 20.1 Å². The number of H-pyrrole nitrogens is 1. The van der Waals surface area contributed by atoms with Crippen LogP contribution in [0.5, 0.6) is 0 Å². The van der Waals surface area contributed by atoms with Crippen molar-refractivity contribution in [3.05, 3.63) is 138 Å². The van der Waals surface area contributed by atoms with Crippen molar-refractivity contribution >= 4 is 58.8 Å². The number of fused-ring (bicyclic) bond motifs is 1. The molecule has 1 aromatic heterocycles. The number of aliphatic carboxylic acids is 1. The number of benzene rings is 4. The highest BCUT2D eigenvalue weighted by atomic mass is 35.5. The number of carboxylic acid groups (broad SMARTS) is 1. The number of carbonyl (C=O) groups is 2. The summed E-state index contributed by atoms with van der Waals surface area (Å²) in [6, 6.07) is 37.2. The smallest absolute Gasteiger partial charge is 0.327 e. The van der Waals surface area contributed by atoms with Crippen molar-refractivity contribution in [2.75, 3.05) is 5.75 Å². The molecule has 0 aliphatic carbocycles. The van der Waals surface area contributed by atoms with Crippen molar-refractivity contribution in [2.45, 2.75) is 41.6 Å². The van der Waals surface area contributed by atoms with Crippen molar-refractivity contribution in [1.29, 1.82) is 0 Å². The van der Waals surface area contributed by atoms with E-state index >= 15 is 0 Å². The second-order valence-corrected chi connectivity index (χ2v) is 13.9. The molecule has 0 saturated carbocycles. The minimum Gasteiger partial charge on any atom is -0.480 e. The molecule has 0 radical (unpaired) electrons. The highest BCUT2D eigenvalue weighted by molar-refractivity contribution is 8.00. The summed E-state index contributed by atoms with van der Waals surface area (Å²) < 4.78 is -1.11. The first-order valence-electron chi connectivity index (χ1n) is 14.2. The van der Waals surface area contributed by atoms with E-state index in [0.717, 1.165) is 33.5 Å². The number of hydrogen-bond donors (Lipinski definition) is 3. The monoisotopic (exact) mass is 645 g/mol. The average Bonchev–Trinajstić information content (AvgIpc) is 3.44. The quantitative estimate of drug-likeness (QED) is 0.114. The van der Waals surface area contributed by atoms with Crippen molar-refractivity contribution in [3.63, 3.8) is 0 Å². The molecular formula is C35H36ClN3O3S2. The molecule has 228 valence electrons. The molecule has 0 aliphatic heterocycles. The van der Waals surface area contributed by atoms with Gasteiger partial charge in [0.1, 0.15) is 11.9 Å². The molecule has 5 aromatic rings. The fourth-order valence-electron chi connectivity index (χ4n) is 5.17. The number of thioether (sulfide) groups is 2. The molecule has 0 spiro atoms. The summed E-state index contributed by atoms with van der Waals surface area (Å²) in [7, 11) is 0. The summed E-state index contributed by atoms with van der Waals surface area (Å²) in [5.41, 5.74) is 5.00. The summed E-state index contributed by atoms with van der Waals surface area (Å²) in [5.74, 6) is 0.280. The Morgan fingerprint density at radius 2 is 1.30 bits per heavy atom. The number of amides is 1. The van der Waals surface area contributed by atoms with Crippen LogP contribution in [0.3, 0.4) is 0 Å². The van der Waals surface area contributed by atoms with Gasteiger partial charge in [-0.1, -0.05) is 117 Å². The Hall–Kier alpha value is -3.72. The topological polar surface area (TPSA) is 95.1 Å². The summed E-state index contributed by atoms with van der Waals surface area (Å²) in [6.07, 6.45) is 0.174. The van der Waals surface area contributed by atoms with E-state index in [9.17, 15) is 14.7 Å². The van der Waals surface area contributed by atoms with E-state index in [1.165, 1.54) is 11.8 Å². The van der Waals surface area contributed by atoms with Crippen LogP contribution >= 0.6 is 35.9 Å². The Kier molecular flexibility index (Phi) is 11.2. The van der Waals surface area contributed by atoms with Gasteiger partial charge in [-0.2, -0.15) is 0 Å². The molecule has 0 bridgehead atoms. The minimum atomic E-state index is -1.07. The molecule has 9 heteroatoms. The number of aromatic amines is 1. The first-order chi connectivity index (χ1) is 20.8. The summed E-state index contributed by atoms with van der Waals surface area (Å²) in [6.45, 7) is 3.99. The van der Waals surface area contributed by atoms with Crippen molar-refractivity contribution < 1.29 is 14.7 Å². The van der Waals surface area contributed by atoms with Crippen LogP contribution in [0.4, 0.5) is 0 Å². The largest absolute Gasteiger partial charge is 0.480 e. The van der Waals surface area contributed by atoms with E-state index in [-0.39, 0.29) is 30.5 Å². The summed E-state index contributed by atoms with van der Waals surface area (Å²) >= 11 is 3.13. The number of carbonyl (C=O) groups excluding carboxylic acids is 1. The second-order valence-electron chi connectivity index (χ2n) is 11.0. The lowest BCUT2D eigenvalue weighted by atomic mass is 9.84. The maximum Gasteiger partial charge on any atom is 0.327 e. The maximum absolute atomic E-state index is 13.2. The Morgan fingerprint density at radius 3 is 1.80 bits per heavy atom. The first-order valence-corrected chi connectivity index (χ1v) is 16.1. The highest BCUT2D eigenvalue weighted by Crippen LogP contribution is 2.48. The van der Waals surface area contributed by atoms with Gasteiger partial charge in [-0.25, -0.2) is 9.78 Å². The van der Waals surface area contributed by atoms with Gasteiger partial charge in [0.2, 0.25) is 5.91 Å². The number of aromatic nitrogens is 2. The Bertz CT molecular complexity index is 1530. The molecule has 4 aromatic carbocycles. The zero-order valence-corrected chi connectivity index (χ0v) is 27.1. The summed E-state index contributed by atoms with van der Waals surface area (Å²) in [4.78, 5) is 33.7. The number of rotatable bonds is 13. The first kappa shape index (κ1) is 33.2. The van der Waals surface area contributed by atoms with Crippen molar-refractivity contribution in [3.8, 4) is 0 Å². The van der Waals surface area contributed by atoms with Gasteiger partial charge in [-0.05, 0) is 28.8 Å². The molecular weight excluding hydrogens is 610 g/mol. The lowest BCUT2D eigenvalue weighted by molar-refractivity contribution is -0.141. The third kappa shape index (κ3) is 7.86. The third-order valence-corrected chi connectivity index (χ3v) is 10.2. The Balaban J connectivity index is 0.00000442. The van der Waals surface area contributed by atoms with E-state index in [0.29, 0.717) is 5.75 Å². The van der Waals surface area contributed by atoms with E-state index < -0.39 is 21.5 Å². The predicted octanol–water partition coefficient (Wildman–Crippen LogP) is 7.68. The SMILES string of the molecule is CC(C)(CC(=O)N[C@@H](CSC(c1ccccc1)(c1ccccc1)c1ccccc1)C(=O)O)SCc1nc2ccccc2[nH]1.Cl. The fourth-order valence-corrected chi connectivity index (χ4v) is 7.62. The van der Waals surface area contributed by atoms with Gasteiger partial charge >= 0.3 is 5.97 Å². The number of halogens is 1. The van der Waals surface area contributed by atoms with Crippen LogP contribution in [0.2, 0.25) is 0 Å². The predicted molar refractivity (Wildman–Crippen MR) is 185 cm³/mol. The molecule has 44 heavy (non-hydrogen) atoms. The summed E-state index contributed by atoms with van der Waals surface area (Å²) in [5, 5.41) is 13.0. The number of hydrogen-bond acceptors (Lipinski definition) is 5. The number of imidazole rings is 1. The van der Waals surface area contributed by atoms with Gasteiger partial charge < -0.3 is 15.4 Å². The molecule has 0 unspecified atom stereocenters. The highest BCUT2D eigenvalue weighted by Gasteiger charge is 2.38. The van der Waals surface area contributed by atoms with Crippen LogP contribution < -0.4 is 5.32 Å². The van der Waals surface area contributed by atoms with Crippen LogP contribution in [0.15, 0.2) is 115 Å². The molecule has 6 nitrogen and oxygen atoms in total. The van der Waals surface area contributed by atoms with Gasteiger partial charge in [0.05, 0.1) is 21.5 Å². The van der Waals surface area contributed by atoms with E-state index in [1.807, 2.05) is 92.7 Å². The standard InChI is InChI=1S/C35H35N3O3S2.ClH/c1-34(2,42-24-31-36-28-20-12-13-21-29(28)37-31)22-32(39)38-30(33(40)41)23-43-35(25-14-6-3-7-15-25,26-16-8-4-9-17-26)27-18-10-5-11-19-27;/h3-21,30H,22-24H2,1-2H3,(H,36,37)(H,38,39)(H,40,41);1H/t30-;/m0./s1. The van der Waals surface area contributed by atoms with Crippen LogP contribution in [0, 0.1) is 0 Å². The van der Waals surface area contributed by atoms with Crippen LogP contribution in [0.25, 0.3) is 11.0 Å². The van der Waals surface area contributed by atoms with Gasteiger partial charge in [0.25, 0.3) is 0 Å². The van der Waals surface area contributed by atoms with Gasteiger partial charge in [-0.3, -0.25) is 4.79 Å². The third-order valence-electron chi connectivity index (χ3n) is 7.27. The van der Waals surface area contributed by atoms with Crippen molar-refractivity contribution in [1.82, 2.24) is 15.3 Å². The molecule has 5 rings (SSSR count). The number of nitrogens with one attached hydrogen (secondary N) is 2. The lowest BCUT2D eigenvalue weighted by Gasteiger charge is -2.36. The zero-order valence-electron chi connectivity index (χ0n) is 24.6. The van der Waals surface area contributed by atoms with E-state index in [2.05, 4.69) is 51.7 Å². The molecule has 1 heterocycles. The lowest BCUT2D eigenvalue weighted by Crippen LogP contribution is -2.45. The normalized spacial score (nSPS) is 12.3. The fraction of sp³-hybridized carbons (Fsp3) is 0.229. The molecule has 3 N–H and O–H groups in total. The molecule has 1 amide bonds. The molecule has 0 saturated heterocycles. The number of para-hydroxylation sites is 2. The molecule has 1 atom stereocenters. The minimum absolute atomic E-state index is 0. The van der Waals surface area contributed by atoms with Gasteiger partial charge in [0, 0.05) is 16.9 Å². The maximum atomic E-state index is 13.2. The van der Waals surface area contributed by atoms with E-state index in [1.54, 1.807) is 11.8 Å². The Morgan fingerprint density at radius 1 is 0.795 bits per heavy atom. The van der Waals surface area contributed by atoms with Gasteiger partial charge in [-0.15, -0.1) is 35.9 Å². The van der Waals surface area contributed by atoms with E-state index in [4.69, 9.17) is 0 Å². The molecule has 0 fully saturated rings. The van der Waals surface area contributed by atoms with Crippen LogP contribution in [0.1, 0.15) is 42.8 Å². The van der Waals surface area contributed by atoms with Crippen molar-refractivity contribution in [2.24, 2.45) is 0 Å². The number of nitrogens with zero attached hydrogens (tertiary/aromatic N) is 1. The Labute approximate surface area is 272 Å². The number of carboxylic acids is 1. The second kappa shape index (κ2) is 14.8. The van der Waals surface area contributed by atoms with Gasteiger partial charge in [0.15, 0.2) is 0 Å². The zero-order chi connectivity index (χ0) is 30.3.